The summed E-state index contributed by atoms with van der Waals surface area (Å²) in [6.45, 7) is 4.06. The molecule has 1 atom stereocenters. The summed E-state index contributed by atoms with van der Waals surface area (Å²) < 4.78 is 7.32. The average Bonchev–Trinajstić information content (AvgIpc) is 2.97. The maximum Gasteiger partial charge on any atom is 0.371 e. The largest absolute Gasteiger partial charge is 0.475 e. The van der Waals surface area contributed by atoms with E-state index in [4.69, 9.17) is 9.52 Å². The molecule has 0 aliphatic carbocycles. The highest BCUT2D eigenvalue weighted by atomic mass is 16.4. The summed E-state index contributed by atoms with van der Waals surface area (Å²) >= 11 is 0. The maximum absolute atomic E-state index is 10.8. The summed E-state index contributed by atoms with van der Waals surface area (Å²) in [5, 5.41) is 8.84. The normalized spacial score (nSPS) is 12.6. The van der Waals surface area contributed by atoms with Crippen molar-refractivity contribution in [2.24, 2.45) is 0 Å². The van der Waals surface area contributed by atoms with Crippen molar-refractivity contribution in [3.05, 3.63) is 41.9 Å². The van der Waals surface area contributed by atoms with Gasteiger partial charge in [-0.05, 0) is 25.5 Å². The Morgan fingerprint density at radius 1 is 1.56 bits per heavy atom. The standard InChI is InChI=1S/C13H16N2O3/c1-3-4-12-14-7-8-15(12)9(2)10-5-6-11(18-10)13(16)17/h5-9H,3-4H2,1-2H3,(H,16,17). The zero-order valence-corrected chi connectivity index (χ0v) is 10.5. The molecule has 2 aromatic heterocycles. The minimum atomic E-state index is -1.05. The summed E-state index contributed by atoms with van der Waals surface area (Å²) in [7, 11) is 0. The molecular formula is C13H16N2O3. The lowest BCUT2D eigenvalue weighted by Crippen LogP contribution is -2.09. The molecule has 5 nitrogen and oxygen atoms in total. The number of imidazole rings is 1. The minimum absolute atomic E-state index is 0.0333. The van der Waals surface area contributed by atoms with Crippen molar-refractivity contribution in [1.29, 1.82) is 0 Å². The third-order valence-electron chi connectivity index (χ3n) is 2.89. The smallest absolute Gasteiger partial charge is 0.371 e. The van der Waals surface area contributed by atoms with Gasteiger partial charge in [-0.2, -0.15) is 0 Å². The van der Waals surface area contributed by atoms with Gasteiger partial charge in [-0.1, -0.05) is 6.92 Å². The zero-order valence-electron chi connectivity index (χ0n) is 10.5. The van der Waals surface area contributed by atoms with E-state index in [0.717, 1.165) is 18.7 Å². The molecule has 96 valence electrons. The van der Waals surface area contributed by atoms with Crippen LogP contribution in [0.5, 0.6) is 0 Å². The van der Waals surface area contributed by atoms with E-state index >= 15 is 0 Å². The number of carbonyl (C=O) groups is 1. The second kappa shape index (κ2) is 5.08. The summed E-state index contributed by atoms with van der Waals surface area (Å²) in [5.41, 5.74) is 0. The van der Waals surface area contributed by atoms with Gasteiger partial charge in [-0.15, -0.1) is 0 Å². The molecular weight excluding hydrogens is 232 g/mol. The Balaban J connectivity index is 2.26. The molecule has 0 spiro atoms. The SMILES string of the molecule is CCCc1nccn1C(C)c1ccc(C(=O)O)o1. The van der Waals surface area contributed by atoms with E-state index in [0.29, 0.717) is 5.76 Å². The van der Waals surface area contributed by atoms with E-state index < -0.39 is 5.97 Å². The van der Waals surface area contributed by atoms with E-state index in [1.54, 1.807) is 12.3 Å². The predicted molar refractivity (Wildman–Crippen MR) is 65.7 cm³/mol. The van der Waals surface area contributed by atoms with Crippen molar-refractivity contribution in [2.45, 2.75) is 32.7 Å². The Labute approximate surface area is 105 Å². The van der Waals surface area contributed by atoms with Crippen LogP contribution in [-0.4, -0.2) is 20.6 Å². The van der Waals surface area contributed by atoms with Crippen LogP contribution in [0.1, 0.15) is 48.4 Å². The van der Waals surface area contributed by atoms with Crippen molar-refractivity contribution < 1.29 is 14.3 Å². The lowest BCUT2D eigenvalue weighted by molar-refractivity contribution is 0.0659. The lowest BCUT2D eigenvalue weighted by Gasteiger charge is -2.13. The van der Waals surface area contributed by atoms with Crippen LogP contribution in [0.3, 0.4) is 0 Å². The highest BCUT2D eigenvalue weighted by Gasteiger charge is 2.17. The van der Waals surface area contributed by atoms with E-state index in [2.05, 4.69) is 11.9 Å². The second-order valence-electron chi connectivity index (χ2n) is 4.18. The molecule has 0 radical (unpaired) electrons. The molecule has 2 heterocycles. The molecule has 0 aliphatic rings. The van der Waals surface area contributed by atoms with E-state index in [-0.39, 0.29) is 11.8 Å². The Bertz CT molecular complexity index is 542. The van der Waals surface area contributed by atoms with Crippen molar-refractivity contribution in [2.75, 3.05) is 0 Å². The number of aromatic carboxylic acids is 1. The fourth-order valence-electron chi connectivity index (χ4n) is 1.94. The summed E-state index contributed by atoms with van der Waals surface area (Å²) in [5.74, 6) is 0.530. The first kappa shape index (κ1) is 12.4. The van der Waals surface area contributed by atoms with E-state index in [9.17, 15) is 4.79 Å². The first-order chi connectivity index (χ1) is 8.63. The van der Waals surface area contributed by atoms with Gasteiger partial charge in [-0.25, -0.2) is 9.78 Å². The number of carboxylic acids is 1. The molecule has 18 heavy (non-hydrogen) atoms. The fourth-order valence-corrected chi connectivity index (χ4v) is 1.94. The number of aromatic nitrogens is 2. The topological polar surface area (TPSA) is 68.3 Å². The van der Waals surface area contributed by atoms with Crippen LogP contribution in [0.25, 0.3) is 0 Å². The Morgan fingerprint density at radius 2 is 2.33 bits per heavy atom. The molecule has 0 saturated carbocycles. The summed E-state index contributed by atoms with van der Waals surface area (Å²) in [6.07, 6.45) is 5.55. The van der Waals surface area contributed by atoms with Crippen LogP contribution in [-0.2, 0) is 6.42 Å². The van der Waals surface area contributed by atoms with E-state index in [1.807, 2.05) is 17.7 Å². The predicted octanol–water partition coefficient (Wildman–Crippen LogP) is 2.74. The number of rotatable bonds is 5. The number of aryl methyl sites for hydroxylation is 1. The average molecular weight is 248 g/mol. The highest BCUT2D eigenvalue weighted by Crippen LogP contribution is 2.22. The maximum atomic E-state index is 10.8. The minimum Gasteiger partial charge on any atom is -0.475 e. The third-order valence-corrected chi connectivity index (χ3v) is 2.89. The van der Waals surface area contributed by atoms with Gasteiger partial charge >= 0.3 is 5.97 Å². The molecule has 0 aliphatic heterocycles. The van der Waals surface area contributed by atoms with Gasteiger partial charge in [0.25, 0.3) is 0 Å². The van der Waals surface area contributed by atoms with Crippen LogP contribution >= 0.6 is 0 Å². The van der Waals surface area contributed by atoms with Crippen LogP contribution in [0.4, 0.5) is 0 Å². The van der Waals surface area contributed by atoms with Gasteiger partial charge < -0.3 is 14.1 Å². The number of hydrogen-bond acceptors (Lipinski definition) is 3. The fraction of sp³-hybridized carbons (Fsp3) is 0.385. The van der Waals surface area contributed by atoms with Crippen molar-refractivity contribution in [3.8, 4) is 0 Å². The van der Waals surface area contributed by atoms with Crippen molar-refractivity contribution >= 4 is 5.97 Å². The summed E-state index contributed by atoms with van der Waals surface area (Å²) in [6, 6.07) is 3.12. The van der Waals surface area contributed by atoms with Gasteiger partial charge in [0, 0.05) is 18.8 Å². The lowest BCUT2D eigenvalue weighted by atomic mass is 10.2. The van der Waals surface area contributed by atoms with Crippen molar-refractivity contribution in [3.63, 3.8) is 0 Å². The molecule has 1 unspecified atom stereocenters. The molecule has 0 amide bonds. The number of carboxylic acid groups (broad SMARTS) is 1. The molecule has 0 aromatic carbocycles. The third kappa shape index (κ3) is 2.30. The molecule has 5 heteroatoms. The van der Waals surface area contributed by atoms with Crippen LogP contribution in [0.2, 0.25) is 0 Å². The number of hydrogen-bond donors (Lipinski definition) is 1. The van der Waals surface area contributed by atoms with E-state index in [1.165, 1.54) is 6.07 Å². The molecule has 2 rings (SSSR count). The molecule has 0 saturated heterocycles. The van der Waals surface area contributed by atoms with Crippen LogP contribution in [0, 0.1) is 0 Å². The Morgan fingerprint density at radius 3 is 2.94 bits per heavy atom. The van der Waals surface area contributed by atoms with Gasteiger partial charge in [0.1, 0.15) is 11.6 Å². The van der Waals surface area contributed by atoms with Gasteiger partial charge in [0.15, 0.2) is 0 Å². The Kier molecular flexibility index (Phi) is 3.50. The molecule has 0 fully saturated rings. The van der Waals surface area contributed by atoms with Crippen LogP contribution in [0.15, 0.2) is 28.9 Å². The van der Waals surface area contributed by atoms with Gasteiger partial charge in [0.05, 0.1) is 6.04 Å². The highest BCUT2D eigenvalue weighted by molar-refractivity contribution is 5.84. The number of furan rings is 1. The monoisotopic (exact) mass is 248 g/mol. The second-order valence-corrected chi connectivity index (χ2v) is 4.18. The van der Waals surface area contributed by atoms with Crippen LogP contribution < -0.4 is 0 Å². The first-order valence-corrected chi connectivity index (χ1v) is 5.98. The quantitative estimate of drug-likeness (QED) is 0.883. The number of nitrogens with zero attached hydrogens (tertiary/aromatic N) is 2. The zero-order chi connectivity index (χ0) is 13.1. The molecule has 0 bridgehead atoms. The molecule has 1 N–H and O–H groups in total. The first-order valence-electron chi connectivity index (χ1n) is 5.98. The van der Waals surface area contributed by atoms with Gasteiger partial charge in [-0.3, -0.25) is 0 Å². The van der Waals surface area contributed by atoms with Crippen molar-refractivity contribution in [1.82, 2.24) is 9.55 Å². The summed E-state index contributed by atoms with van der Waals surface area (Å²) in [4.78, 5) is 15.1. The van der Waals surface area contributed by atoms with Gasteiger partial charge in [0.2, 0.25) is 5.76 Å². The Hall–Kier alpha value is -2.04. The molecule has 2 aromatic rings.